The summed E-state index contributed by atoms with van der Waals surface area (Å²) in [7, 11) is 1.80. The van der Waals surface area contributed by atoms with E-state index in [4.69, 9.17) is 0 Å². The lowest BCUT2D eigenvalue weighted by Gasteiger charge is -2.07. The van der Waals surface area contributed by atoms with Crippen LogP contribution in [-0.4, -0.2) is 22.3 Å². The maximum absolute atomic E-state index is 12.5. The van der Waals surface area contributed by atoms with Crippen LogP contribution < -0.4 is 4.90 Å². The highest BCUT2D eigenvalue weighted by molar-refractivity contribution is 6.35. The number of pyridine rings is 1. The number of nitrogens with zero attached hydrogens (tertiary/aromatic N) is 3. The SMILES string of the molecule is Cc1nc(/C=C2/C(=O)N(C)c3ccccc32)c2ccccn12. The minimum Gasteiger partial charge on any atom is -0.311 e. The monoisotopic (exact) mass is 289 g/mol. The van der Waals surface area contributed by atoms with Crippen molar-refractivity contribution in [1.82, 2.24) is 9.38 Å². The lowest BCUT2D eigenvalue weighted by atomic mass is 10.1. The van der Waals surface area contributed by atoms with Crippen LogP contribution >= 0.6 is 0 Å². The number of carbonyl (C=O) groups is 1. The van der Waals surface area contributed by atoms with Crippen LogP contribution in [0.1, 0.15) is 17.1 Å². The Hall–Kier alpha value is -2.88. The number of anilines is 1. The molecule has 22 heavy (non-hydrogen) atoms. The number of amides is 1. The van der Waals surface area contributed by atoms with Gasteiger partial charge in [-0.1, -0.05) is 24.3 Å². The van der Waals surface area contributed by atoms with Gasteiger partial charge in [-0.25, -0.2) is 4.98 Å². The molecule has 1 aliphatic rings. The number of para-hydroxylation sites is 1. The molecular weight excluding hydrogens is 274 g/mol. The molecule has 0 atom stereocenters. The number of hydrogen-bond acceptors (Lipinski definition) is 2. The van der Waals surface area contributed by atoms with E-state index in [0.29, 0.717) is 5.57 Å². The van der Waals surface area contributed by atoms with Crippen molar-refractivity contribution in [3.8, 4) is 0 Å². The summed E-state index contributed by atoms with van der Waals surface area (Å²) < 4.78 is 2.03. The molecule has 0 aliphatic carbocycles. The predicted molar refractivity (Wildman–Crippen MR) is 87.7 cm³/mol. The van der Waals surface area contributed by atoms with Gasteiger partial charge in [-0.2, -0.15) is 0 Å². The maximum Gasteiger partial charge on any atom is 0.258 e. The lowest BCUT2D eigenvalue weighted by molar-refractivity contribution is -0.112. The van der Waals surface area contributed by atoms with Crippen LogP contribution in [0.15, 0.2) is 48.7 Å². The van der Waals surface area contributed by atoms with E-state index in [9.17, 15) is 4.79 Å². The molecule has 4 nitrogen and oxygen atoms in total. The van der Waals surface area contributed by atoms with Gasteiger partial charge in [-0.3, -0.25) is 4.79 Å². The number of fused-ring (bicyclic) bond motifs is 2. The fourth-order valence-electron chi connectivity index (χ4n) is 3.00. The van der Waals surface area contributed by atoms with Crippen molar-refractivity contribution < 1.29 is 4.79 Å². The van der Waals surface area contributed by atoms with Gasteiger partial charge in [0.1, 0.15) is 5.82 Å². The van der Waals surface area contributed by atoms with Gasteiger partial charge in [-0.15, -0.1) is 0 Å². The van der Waals surface area contributed by atoms with Crippen LogP contribution in [0.4, 0.5) is 5.69 Å². The number of benzene rings is 1. The van der Waals surface area contributed by atoms with Gasteiger partial charge in [0.15, 0.2) is 0 Å². The fourth-order valence-corrected chi connectivity index (χ4v) is 3.00. The Bertz CT molecular complexity index is 936. The molecule has 0 fully saturated rings. The largest absolute Gasteiger partial charge is 0.311 e. The summed E-state index contributed by atoms with van der Waals surface area (Å²) in [5, 5.41) is 0. The Kier molecular flexibility index (Phi) is 2.66. The summed E-state index contributed by atoms with van der Waals surface area (Å²) in [5.74, 6) is 0.922. The number of aromatic nitrogens is 2. The first-order valence-corrected chi connectivity index (χ1v) is 7.19. The average Bonchev–Trinajstić information content (AvgIpc) is 2.99. The topological polar surface area (TPSA) is 37.6 Å². The first-order valence-electron chi connectivity index (χ1n) is 7.19. The Morgan fingerprint density at radius 1 is 1.09 bits per heavy atom. The van der Waals surface area contributed by atoms with E-state index in [1.165, 1.54) is 0 Å². The van der Waals surface area contributed by atoms with Crippen molar-refractivity contribution in [2.24, 2.45) is 0 Å². The molecule has 0 spiro atoms. The second-order valence-corrected chi connectivity index (χ2v) is 5.44. The molecule has 4 heteroatoms. The van der Waals surface area contributed by atoms with Crippen LogP contribution in [0.25, 0.3) is 17.2 Å². The molecule has 1 amide bonds. The number of imidazole rings is 1. The smallest absolute Gasteiger partial charge is 0.258 e. The van der Waals surface area contributed by atoms with Gasteiger partial charge in [0.25, 0.3) is 5.91 Å². The van der Waals surface area contributed by atoms with Crippen molar-refractivity contribution in [3.63, 3.8) is 0 Å². The molecule has 1 aromatic carbocycles. The van der Waals surface area contributed by atoms with Crippen molar-refractivity contribution in [2.45, 2.75) is 6.92 Å². The van der Waals surface area contributed by atoms with Crippen molar-refractivity contribution in [2.75, 3.05) is 11.9 Å². The first kappa shape index (κ1) is 12.8. The third kappa shape index (κ3) is 1.70. The molecule has 1 aliphatic heterocycles. The summed E-state index contributed by atoms with van der Waals surface area (Å²) in [6.07, 6.45) is 3.88. The zero-order chi connectivity index (χ0) is 15.3. The standard InChI is InChI=1S/C18H15N3O/c1-12-19-15(17-9-5-6-10-21(12)17)11-14-13-7-3-4-8-16(13)20(2)18(14)22/h3-11H,1-2H3/b14-11+. The number of rotatable bonds is 1. The Labute approximate surface area is 128 Å². The fraction of sp³-hybridized carbons (Fsp3) is 0.111. The van der Waals surface area contributed by atoms with Gasteiger partial charge < -0.3 is 9.30 Å². The number of carbonyl (C=O) groups excluding carboxylic acids is 1. The highest BCUT2D eigenvalue weighted by Gasteiger charge is 2.29. The molecule has 0 radical (unpaired) electrons. The zero-order valence-corrected chi connectivity index (χ0v) is 12.4. The van der Waals surface area contributed by atoms with Gasteiger partial charge in [0.05, 0.1) is 22.5 Å². The Balaban J connectivity index is 1.94. The van der Waals surface area contributed by atoms with Crippen molar-refractivity contribution in [1.29, 1.82) is 0 Å². The summed E-state index contributed by atoms with van der Waals surface area (Å²) in [6.45, 7) is 1.96. The third-order valence-electron chi connectivity index (χ3n) is 4.12. The van der Waals surface area contributed by atoms with Crippen molar-refractivity contribution >= 4 is 28.8 Å². The minimum absolute atomic E-state index is 0.0101. The van der Waals surface area contributed by atoms with Crippen LogP contribution in [0, 0.1) is 6.92 Å². The molecule has 0 saturated heterocycles. The Morgan fingerprint density at radius 2 is 1.86 bits per heavy atom. The van der Waals surface area contributed by atoms with Gasteiger partial charge in [0, 0.05) is 18.8 Å². The van der Waals surface area contributed by atoms with Crippen LogP contribution in [0.3, 0.4) is 0 Å². The van der Waals surface area contributed by atoms with Gasteiger partial charge in [0.2, 0.25) is 0 Å². The lowest BCUT2D eigenvalue weighted by Crippen LogP contribution is -2.20. The number of aryl methyl sites for hydroxylation is 1. The summed E-state index contributed by atoms with van der Waals surface area (Å²) >= 11 is 0. The van der Waals surface area contributed by atoms with Crippen molar-refractivity contribution in [3.05, 3.63) is 65.7 Å². The molecule has 0 bridgehead atoms. The number of likely N-dealkylation sites (N-methyl/N-ethyl adjacent to an activating group) is 1. The van der Waals surface area contributed by atoms with Crippen LogP contribution in [-0.2, 0) is 4.79 Å². The minimum atomic E-state index is 0.0101. The molecular formula is C18H15N3O. The maximum atomic E-state index is 12.5. The van der Waals surface area contributed by atoms with E-state index in [2.05, 4.69) is 4.98 Å². The molecule has 3 heterocycles. The third-order valence-corrected chi connectivity index (χ3v) is 4.12. The summed E-state index contributed by atoms with van der Waals surface area (Å²) in [4.78, 5) is 18.8. The second-order valence-electron chi connectivity index (χ2n) is 5.44. The summed E-state index contributed by atoms with van der Waals surface area (Å²) in [6, 6.07) is 13.8. The number of hydrogen-bond donors (Lipinski definition) is 0. The summed E-state index contributed by atoms with van der Waals surface area (Å²) in [5.41, 5.74) is 4.43. The van der Waals surface area contributed by atoms with Gasteiger partial charge in [-0.05, 0) is 31.2 Å². The molecule has 2 aromatic heterocycles. The molecule has 108 valence electrons. The zero-order valence-electron chi connectivity index (χ0n) is 12.4. The highest BCUT2D eigenvalue weighted by Crippen LogP contribution is 2.36. The quantitative estimate of drug-likeness (QED) is 0.645. The second kappa shape index (κ2) is 4.56. The van der Waals surface area contributed by atoms with E-state index in [1.807, 2.05) is 66.1 Å². The van der Waals surface area contributed by atoms with Crippen LogP contribution in [0.5, 0.6) is 0 Å². The first-order chi connectivity index (χ1) is 10.7. The predicted octanol–water partition coefficient (Wildman–Crippen LogP) is 3.16. The molecule has 0 saturated carbocycles. The molecule has 0 unspecified atom stereocenters. The van der Waals surface area contributed by atoms with E-state index >= 15 is 0 Å². The normalized spacial score (nSPS) is 15.8. The molecule has 0 N–H and O–H groups in total. The molecule has 4 rings (SSSR count). The van der Waals surface area contributed by atoms with E-state index in [1.54, 1.807) is 11.9 Å². The van der Waals surface area contributed by atoms with E-state index in [-0.39, 0.29) is 5.91 Å². The van der Waals surface area contributed by atoms with Gasteiger partial charge >= 0.3 is 0 Å². The Morgan fingerprint density at radius 3 is 2.73 bits per heavy atom. The van der Waals surface area contributed by atoms with E-state index in [0.717, 1.165) is 28.3 Å². The van der Waals surface area contributed by atoms with Crippen LogP contribution in [0.2, 0.25) is 0 Å². The molecule has 3 aromatic rings. The average molecular weight is 289 g/mol. The highest BCUT2D eigenvalue weighted by atomic mass is 16.2. The van der Waals surface area contributed by atoms with E-state index < -0.39 is 0 Å².